The number of hydrogen-bond donors (Lipinski definition) is 1. The molecular formula is C13H15N3O4. The molecule has 0 atom stereocenters. The summed E-state index contributed by atoms with van der Waals surface area (Å²) in [6.07, 6.45) is 3.23. The molecule has 1 N–H and O–H groups in total. The van der Waals surface area contributed by atoms with E-state index >= 15 is 0 Å². The van der Waals surface area contributed by atoms with Gasteiger partial charge in [-0.25, -0.2) is 4.98 Å². The van der Waals surface area contributed by atoms with Crippen molar-refractivity contribution in [1.29, 1.82) is 0 Å². The molecule has 0 radical (unpaired) electrons. The van der Waals surface area contributed by atoms with Crippen LogP contribution in [0.2, 0.25) is 0 Å². The van der Waals surface area contributed by atoms with E-state index in [-0.39, 0.29) is 11.4 Å². The van der Waals surface area contributed by atoms with Crippen LogP contribution in [0.4, 0.5) is 5.69 Å². The smallest absolute Gasteiger partial charge is 0.315 e. The van der Waals surface area contributed by atoms with Crippen molar-refractivity contribution in [3.05, 3.63) is 34.6 Å². The molecule has 0 fully saturated rings. The fraction of sp³-hybridized carbons (Fsp3) is 0.308. The zero-order valence-electron chi connectivity index (χ0n) is 11.3. The molecule has 1 heterocycles. The van der Waals surface area contributed by atoms with Gasteiger partial charge in [-0.3, -0.25) is 10.1 Å². The summed E-state index contributed by atoms with van der Waals surface area (Å²) in [5, 5.41) is 11.2. The number of nitrogens with one attached hydrogen (secondary N) is 1. The lowest BCUT2D eigenvalue weighted by Crippen LogP contribution is -2.02. The molecule has 7 heteroatoms. The van der Waals surface area contributed by atoms with Crippen molar-refractivity contribution in [2.75, 3.05) is 13.2 Å². The summed E-state index contributed by atoms with van der Waals surface area (Å²) >= 11 is 0. The minimum absolute atomic E-state index is 0.135. The summed E-state index contributed by atoms with van der Waals surface area (Å²) in [4.78, 5) is 17.7. The van der Waals surface area contributed by atoms with Gasteiger partial charge < -0.3 is 14.5 Å². The van der Waals surface area contributed by atoms with E-state index in [1.54, 1.807) is 32.3 Å². The van der Waals surface area contributed by atoms with Gasteiger partial charge in [-0.2, -0.15) is 0 Å². The highest BCUT2D eigenvalue weighted by atomic mass is 16.6. The number of aromatic amines is 1. The van der Waals surface area contributed by atoms with Crippen molar-refractivity contribution in [3.8, 4) is 22.9 Å². The van der Waals surface area contributed by atoms with Crippen LogP contribution in [0.5, 0.6) is 11.5 Å². The van der Waals surface area contributed by atoms with Crippen LogP contribution in [-0.2, 0) is 0 Å². The molecule has 0 aliphatic rings. The minimum atomic E-state index is -0.486. The van der Waals surface area contributed by atoms with Gasteiger partial charge in [0, 0.05) is 24.0 Å². The average Bonchev–Trinajstić information content (AvgIpc) is 2.94. The molecule has 0 saturated heterocycles. The Morgan fingerprint density at radius 1 is 1.30 bits per heavy atom. The number of hydrogen-bond acceptors (Lipinski definition) is 5. The SMILES string of the molecule is CCOc1cc(-c2ncc[nH]2)cc([N+](=O)[O-])c1OCC. The number of aromatic nitrogens is 2. The van der Waals surface area contributed by atoms with Crippen LogP contribution in [0.25, 0.3) is 11.4 Å². The zero-order valence-corrected chi connectivity index (χ0v) is 11.3. The van der Waals surface area contributed by atoms with E-state index in [0.29, 0.717) is 30.4 Å². The molecule has 0 spiro atoms. The Morgan fingerprint density at radius 3 is 2.60 bits per heavy atom. The third-order valence-electron chi connectivity index (χ3n) is 2.59. The molecule has 2 rings (SSSR count). The van der Waals surface area contributed by atoms with Crippen molar-refractivity contribution in [2.24, 2.45) is 0 Å². The van der Waals surface area contributed by atoms with Gasteiger partial charge in [-0.15, -0.1) is 0 Å². The molecule has 1 aromatic carbocycles. The van der Waals surface area contributed by atoms with Gasteiger partial charge in [-0.05, 0) is 19.9 Å². The monoisotopic (exact) mass is 277 g/mol. The molecule has 1 aromatic heterocycles. The van der Waals surface area contributed by atoms with Crippen LogP contribution >= 0.6 is 0 Å². The largest absolute Gasteiger partial charge is 0.490 e. The molecule has 2 aromatic rings. The van der Waals surface area contributed by atoms with Gasteiger partial charge in [0.1, 0.15) is 5.82 Å². The molecule has 0 amide bonds. The van der Waals surface area contributed by atoms with Crippen LogP contribution in [0.3, 0.4) is 0 Å². The molecule has 0 aliphatic carbocycles. The second kappa shape index (κ2) is 6.05. The second-order valence-corrected chi connectivity index (χ2v) is 3.88. The number of benzene rings is 1. The van der Waals surface area contributed by atoms with E-state index in [1.807, 2.05) is 0 Å². The van der Waals surface area contributed by atoms with E-state index < -0.39 is 4.92 Å². The first-order valence-electron chi connectivity index (χ1n) is 6.25. The quantitative estimate of drug-likeness (QED) is 0.647. The number of H-pyrrole nitrogens is 1. The normalized spacial score (nSPS) is 10.3. The van der Waals surface area contributed by atoms with Crippen LogP contribution in [0.1, 0.15) is 13.8 Å². The van der Waals surface area contributed by atoms with Crippen molar-refractivity contribution < 1.29 is 14.4 Å². The molecule has 0 saturated carbocycles. The fourth-order valence-electron chi connectivity index (χ4n) is 1.84. The first-order valence-corrected chi connectivity index (χ1v) is 6.25. The molecule has 0 bridgehead atoms. The molecule has 7 nitrogen and oxygen atoms in total. The summed E-state index contributed by atoms with van der Waals surface area (Å²) in [5.74, 6) is 1.03. The van der Waals surface area contributed by atoms with Crippen molar-refractivity contribution in [3.63, 3.8) is 0 Å². The molecule has 106 valence electrons. The lowest BCUT2D eigenvalue weighted by atomic mass is 10.1. The van der Waals surface area contributed by atoms with Gasteiger partial charge in [0.15, 0.2) is 5.75 Å². The number of nitro groups is 1. The maximum absolute atomic E-state index is 11.2. The van der Waals surface area contributed by atoms with E-state index in [0.717, 1.165) is 0 Å². The van der Waals surface area contributed by atoms with Gasteiger partial charge in [-0.1, -0.05) is 0 Å². The fourth-order valence-corrected chi connectivity index (χ4v) is 1.84. The number of nitrogens with zero attached hydrogens (tertiary/aromatic N) is 2. The zero-order chi connectivity index (χ0) is 14.5. The number of nitro benzene ring substituents is 1. The van der Waals surface area contributed by atoms with Crippen LogP contribution in [0.15, 0.2) is 24.5 Å². The molecule has 0 aliphatic heterocycles. The Hall–Kier alpha value is -2.57. The minimum Gasteiger partial charge on any atom is -0.490 e. The highest BCUT2D eigenvalue weighted by Gasteiger charge is 2.23. The summed E-state index contributed by atoms with van der Waals surface area (Å²) in [7, 11) is 0. The number of ether oxygens (including phenoxy) is 2. The first kappa shape index (κ1) is 13.9. The first-order chi connectivity index (χ1) is 9.67. The maximum Gasteiger partial charge on any atom is 0.315 e. The Morgan fingerprint density at radius 2 is 2.05 bits per heavy atom. The third-order valence-corrected chi connectivity index (χ3v) is 2.59. The second-order valence-electron chi connectivity index (χ2n) is 3.88. The van der Waals surface area contributed by atoms with E-state index in [9.17, 15) is 10.1 Å². The summed E-state index contributed by atoms with van der Waals surface area (Å²) in [6, 6.07) is 3.10. The standard InChI is InChI=1S/C13H15N3O4/c1-3-19-11-8-9(13-14-5-6-15-13)7-10(16(17)18)12(11)20-4-2/h5-8H,3-4H2,1-2H3,(H,14,15). The van der Waals surface area contributed by atoms with Crippen molar-refractivity contribution >= 4 is 5.69 Å². The Labute approximate surface area is 115 Å². The molecular weight excluding hydrogens is 262 g/mol. The lowest BCUT2D eigenvalue weighted by molar-refractivity contribution is -0.385. The predicted molar refractivity (Wildman–Crippen MR) is 73.0 cm³/mol. The maximum atomic E-state index is 11.2. The molecule has 0 unspecified atom stereocenters. The van der Waals surface area contributed by atoms with Crippen molar-refractivity contribution in [2.45, 2.75) is 13.8 Å². The lowest BCUT2D eigenvalue weighted by Gasteiger charge is -2.12. The topological polar surface area (TPSA) is 90.3 Å². The van der Waals surface area contributed by atoms with Crippen LogP contribution in [-0.4, -0.2) is 28.1 Å². The Bertz CT molecular complexity index is 596. The van der Waals surface area contributed by atoms with Gasteiger partial charge in [0.2, 0.25) is 5.75 Å². The summed E-state index contributed by atoms with van der Waals surface area (Å²) in [5.41, 5.74) is 0.442. The van der Waals surface area contributed by atoms with Crippen LogP contribution in [0, 0.1) is 10.1 Å². The highest BCUT2D eigenvalue weighted by Crippen LogP contribution is 2.40. The Kier molecular flexibility index (Phi) is 4.19. The van der Waals surface area contributed by atoms with E-state index in [1.165, 1.54) is 6.07 Å². The highest BCUT2D eigenvalue weighted by molar-refractivity contribution is 5.69. The average molecular weight is 277 g/mol. The van der Waals surface area contributed by atoms with Gasteiger partial charge in [0.25, 0.3) is 0 Å². The predicted octanol–water partition coefficient (Wildman–Crippen LogP) is 2.78. The molecule has 20 heavy (non-hydrogen) atoms. The third kappa shape index (κ3) is 2.71. The van der Waals surface area contributed by atoms with E-state index in [2.05, 4.69) is 9.97 Å². The van der Waals surface area contributed by atoms with Gasteiger partial charge in [0.05, 0.1) is 18.1 Å². The number of imidazole rings is 1. The van der Waals surface area contributed by atoms with Crippen LogP contribution < -0.4 is 9.47 Å². The Balaban J connectivity index is 2.59. The summed E-state index contributed by atoms with van der Waals surface area (Å²) < 4.78 is 10.8. The van der Waals surface area contributed by atoms with Crippen molar-refractivity contribution in [1.82, 2.24) is 9.97 Å². The van der Waals surface area contributed by atoms with E-state index in [4.69, 9.17) is 9.47 Å². The van der Waals surface area contributed by atoms with Gasteiger partial charge >= 0.3 is 5.69 Å². The number of rotatable bonds is 6. The summed E-state index contributed by atoms with van der Waals surface area (Å²) in [6.45, 7) is 4.28.